The number of hydrogen-bond acceptors (Lipinski definition) is 7. The van der Waals surface area contributed by atoms with Crippen molar-refractivity contribution in [1.29, 1.82) is 5.26 Å². The average Bonchev–Trinajstić information content (AvgIpc) is 2.67. The molecule has 7 heteroatoms. The van der Waals surface area contributed by atoms with E-state index >= 15 is 0 Å². The summed E-state index contributed by atoms with van der Waals surface area (Å²) in [6, 6.07) is 7.40. The second-order valence-corrected chi connectivity index (χ2v) is 6.33. The SMILES string of the molecule is CCOC(=O)C1=C(C)OC(N)=C(C#N)C1c1cccc(OC)c1OC(C)CC. The van der Waals surface area contributed by atoms with E-state index in [0.717, 1.165) is 6.42 Å². The third kappa shape index (κ3) is 4.06. The molecule has 0 aromatic heterocycles. The third-order valence-corrected chi connectivity index (χ3v) is 4.54. The smallest absolute Gasteiger partial charge is 0.338 e. The maximum Gasteiger partial charge on any atom is 0.338 e. The van der Waals surface area contributed by atoms with Gasteiger partial charge in [0.15, 0.2) is 11.5 Å². The van der Waals surface area contributed by atoms with Crippen molar-refractivity contribution < 1.29 is 23.7 Å². The summed E-state index contributed by atoms with van der Waals surface area (Å²) in [6.45, 7) is 7.46. The Morgan fingerprint density at radius 2 is 2.11 bits per heavy atom. The van der Waals surface area contributed by atoms with E-state index in [2.05, 4.69) is 6.07 Å². The van der Waals surface area contributed by atoms with Gasteiger partial charge in [-0.05, 0) is 33.3 Å². The zero-order valence-corrected chi connectivity index (χ0v) is 16.9. The van der Waals surface area contributed by atoms with Crippen LogP contribution in [0.15, 0.2) is 41.0 Å². The standard InChI is InChI=1S/C21H26N2O5/c1-6-12(3)27-19-14(9-8-10-16(19)25-5)18-15(11-22)20(23)28-13(4)17(18)21(24)26-7-2/h8-10,12,18H,6-7,23H2,1-5H3. The molecule has 0 saturated carbocycles. The second-order valence-electron chi connectivity index (χ2n) is 6.33. The highest BCUT2D eigenvalue weighted by atomic mass is 16.5. The van der Waals surface area contributed by atoms with Gasteiger partial charge in [-0.3, -0.25) is 0 Å². The molecule has 0 radical (unpaired) electrons. The number of carbonyl (C=O) groups is 1. The number of carbonyl (C=O) groups excluding carboxylic acids is 1. The lowest BCUT2D eigenvalue weighted by atomic mass is 9.82. The van der Waals surface area contributed by atoms with Crippen LogP contribution in [0.5, 0.6) is 11.5 Å². The molecule has 1 aliphatic rings. The zero-order chi connectivity index (χ0) is 20.8. The Morgan fingerprint density at radius 1 is 1.39 bits per heavy atom. The van der Waals surface area contributed by atoms with Gasteiger partial charge in [0.05, 0.1) is 31.3 Å². The molecular formula is C21H26N2O5. The van der Waals surface area contributed by atoms with Gasteiger partial charge in [0, 0.05) is 5.56 Å². The first-order valence-corrected chi connectivity index (χ1v) is 9.18. The molecular weight excluding hydrogens is 360 g/mol. The van der Waals surface area contributed by atoms with Crippen molar-refractivity contribution in [3.8, 4) is 17.6 Å². The maximum absolute atomic E-state index is 12.7. The molecule has 0 spiro atoms. The van der Waals surface area contributed by atoms with Crippen LogP contribution in [0.2, 0.25) is 0 Å². The van der Waals surface area contributed by atoms with Crippen molar-refractivity contribution >= 4 is 5.97 Å². The van der Waals surface area contributed by atoms with Crippen LogP contribution in [0, 0.1) is 11.3 Å². The van der Waals surface area contributed by atoms with Crippen LogP contribution in [0.4, 0.5) is 0 Å². The summed E-state index contributed by atoms with van der Waals surface area (Å²) < 4.78 is 22.2. The van der Waals surface area contributed by atoms with Crippen molar-refractivity contribution in [1.82, 2.24) is 0 Å². The Labute approximate surface area is 165 Å². The molecule has 1 heterocycles. The van der Waals surface area contributed by atoms with Crippen LogP contribution >= 0.6 is 0 Å². The van der Waals surface area contributed by atoms with Gasteiger partial charge >= 0.3 is 5.97 Å². The van der Waals surface area contributed by atoms with Gasteiger partial charge in [0.2, 0.25) is 5.88 Å². The predicted octanol–water partition coefficient (Wildman–Crippen LogP) is 3.52. The second kappa shape index (κ2) is 9.18. The molecule has 2 N–H and O–H groups in total. The minimum Gasteiger partial charge on any atom is -0.493 e. The largest absolute Gasteiger partial charge is 0.493 e. The number of rotatable bonds is 7. The summed E-state index contributed by atoms with van der Waals surface area (Å²) in [6.07, 6.45) is 0.673. The summed E-state index contributed by atoms with van der Waals surface area (Å²) >= 11 is 0. The fourth-order valence-corrected chi connectivity index (χ4v) is 3.00. The number of nitrogens with zero attached hydrogens (tertiary/aromatic N) is 1. The summed E-state index contributed by atoms with van der Waals surface area (Å²) in [5, 5.41) is 9.74. The van der Waals surface area contributed by atoms with E-state index in [4.69, 9.17) is 24.7 Å². The van der Waals surface area contributed by atoms with E-state index in [1.165, 1.54) is 7.11 Å². The number of methoxy groups -OCH3 is 1. The number of ether oxygens (including phenoxy) is 4. The van der Waals surface area contributed by atoms with Crippen LogP contribution in [0.25, 0.3) is 0 Å². The molecule has 0 saturated heterocycles. The van der Waals surface area contributed by atoms with Gasteiger partial charge in [-0.25, -0.2) is 4.79 Å². The van der Waals surface area contributed by atoms with Crippen LogP contribution < -0.4 is 15.2 Å². The third-order valence-electron chi connectivity index (χ3n) is 4.54. The molecule has 1 aliphatic heterocycles. The van der Waals surface area contributed by atoms with E-state index in [9.17, 15) is 10.1 Å². The molecule has 7 nitrogen and oxygen atoms in total. The van der Waals surface area contributed by atoms with E-state index < -0.39 is 11.9 Å². The minimum atomic E-state index is -0.785. The van der Waals surface area contributed by atoms with Crippen molar-refractivity contribution in [2.24, 2.45) is 5.73 Å². The molecule has 0 fully saturated rings. The topological polar surface area (TPSA) is 104 Å². The van der Waals surface area contributed by atoms with E-state index in [-0.39, 0.29) is 35.5 Å². The molecule has 0 bridgehead atoms. The number of esters is 1. The molecule has 0 aliphatic carbocycles. The number of nitriles is 1. The van der Waals surface area contributed by atoms with Gasteiger partial charge in [-0.1, -0.05) is 19.1 Å². The van der Waals surface area contributed by atoms with Gasteiger partial charge in [-0.2, -0.15) is 5.26 Å². The molecule has 150 valence electrons. The molecule has 0 amide bonds. The normalized spacial score (nSPS) is 17.5. The first-order valence-electron chi connectivity index (χ1n) is 9.18. The highest BCUT2D eigenvalue weighted by Crippen LogP contribution is 2.46. The summed E-state index contributed by atoms with van der Waals surface area (Å²) in [5.74, 6) is -0.149. The molecule has 1 aromatic carbocycles. The lowest BCUT2D eigenvalue weighted by Gasteiger charge is -2.29. The maximum atomic E-state index is 12.7. The Morgan fingerprint density at radius 3 is 2.68 bits per heavy atom. The van der Waals surface area contributed by atoms with Crippen molar-refractivity contribution in [2.75, 3.05) is 13.7 Å². The first-order chi connectivity index (χ1) is 13.4. The highest BCUT2D eigenvalue weighted by molar-refractivity contribution is 5.93. The van der Waals surface area contributed by atoms with Crippen molar-refractivity contribution in [2.45, 2.75) is 46.1 Å². The quantitative estimate of drug-likeness (QED) is 0.715. The van der Waals surface area contributed by atoms with Crippen molar-refractivity contribution in [3.63, 3.8) is 0 Å². The van der Waals surface area contributed by atoms with Crippen LogP contribution in [0.3, 0.4) is 0 Å². The predicted molar refractivity (Wildman–Crippen MR) is 103 cm³/mol. The van der Waals surface area contributed by atoms with Gasteiger partial charge in [0.25, 0.3) is 0 Å². The Hall–Kier alpha value is -3.14. The van der Waals surface area contributed by atoms with Gasteiger partial charge in [0.1, 0.15) is 17.4 Å². The fourth-order valence-electron chi connectivity index (χ4n) is 3.00. The van der Waals surface area contributed by atoms with Gasteiger partial charge in [-0.15, -0.1) is 0 Å². The lowest BCUT2D eigenvalue weighted by Crippen LogP contribution is -2.26. The average molecular weight is 386 g/mol. The number of benzene rings is 1. The monoisotopic (exact) mass is 386 g/mol. The zero-order valence-electron chi connectivity index (χ0n) is 16.9. The molecule has 1 aromatic rings. The summed E-state index contributed by atoms with van der Waals surface area (Å²) in [4.78, 5) is 12.7. The summed E-state index contributed by atoms with van der Waals surface area (Å²) in [7, 11) is 1.54. The Balaban J connectivity index is 2.74. The van der Waals surface area contributed by atoms with E-state index in [1.807, 2.05) is 13.8 Å². The molecule has 2 unspecified atom stereocenters. The van der Waals surface area contributed by atoms with Crippen molar-refractivity contribution in [3.05, 3.63) is 46.6 Å². The van der Waals surface area contributed by atoms with Crippen LogP contribution in [-0.2, 0) is 14.3 Å². The number of nitrogens with two attached hydrogens (primary N) is 1. The lowest BCUT2D eigenvalue weighted by molar-refractivity contribution is -0.139. The Kier molecular flexibility index (Phi) is 6.94. The van der Waals surface area contributed by atoms with E-state index in [0.29, 0.717) is 17.1 Å². The first kappa shape index (κ1) is 21.2. The number of hydrogen-bond donors (Lipinski definition) is 1. The Bertz CT molecular complexity index is 851. The van der Waals surface area contributed by atoms with Crippen LogP contribution in [-0.4, -0.2) is 25.8 Å². The van der Waals surface area contributed by atoms with Gasteiger partial charge < -0.3 is 24.7 Å². The molecule has 28 heavy (non-hydrogen) atoms. The number of para-hydroxylation sites is 1. The fraction of sp³-hybridized carbons (Fsp3) is 0.429. The number of allylic oxidation sites excluding steroid dienone is 2. The van der Waals surface area contributed by atoms with E-state index in [1.54, 1.807) is 32.0 Å². The summed E-state index contributed by atoms with van der Waals surface area (Å²) in [5.41, 5.74) is 6.90. The molecule has 2 atom stereocenters. The van der Waals surface area contributed by atoms with Crippen LogP contribution in [0.1, 0.15) is 45.6 Å². The highest BCUT2D eigenvalue weighted by Gasteiger charge is 2.38. The molecule has 2 rings (SSSR count). The minimum absolute atomic E-state index is 0.0460.